The molecule has 14 heteroatoms. The summed E-state index contributed by atoms with van der Waals surface area (Å²) in [5, 5.41) is 0. The third kappa shape index (κ3) is 36.7. The molecule has 262 valence electrons. The van der Waals surface area contributed by atoms with Gasteiger partial charge < -0.3 is 56.8 Å². The van der Waals surface area contributed by atoms with Crippen molar-refractivity contribution in [3.05, 3.63) is 0 Å². The van der Waals surface area contributed by atoms with Crippen LogP contribution >= 0.6 is 0 Å². The van der Waals surface area contributed by atoms with Crippen LogP contribution in [0.15, 0.2) is 0 Å². The Morgan fingerprint density at radius 1 is 0.295 bits per heavy atom. The lowest BCUT2D eigenvalue weighted by Gasteiger charge is -2.09. The first-order valence-electron chi connectivity index (χ1n) is 15.8. The molecule has 0 aliphatic heterocycles. The quantitative estimate of drug-likeness (QED) is 0.0718. The molecule has 0 aromatic carbocycles. The van der Waals surface area contributed by atoms with Gasteiger partial charge in [0.05, 0.1) is 132 Å². The third-order valence-electron chi connectivity index (χ3n) is 5.24. The van der Waals surface area contributed by atoms with E-state index in [0.29, 0.717) is 145 Å². The van der Waals surface area contributed by atoms with Gasteiger partial charge in [0.2, 0.25) is 0 Å². The number of hydrogen-bond acceptors (Lipinski definition) is 14. The second kappa shape index (κ2) is 37.7. The average Bonchev–Trinajstić information content (AvgIpc) is 3.01. The maximum Gasteiger partial charge on any atom is 0.305 e. The molecule has 0 saturated heterocycles. The van der Waals surface area contributed by atoms with Crippen molar-refractivity contribution in [2.24, 2.45) is 0 Å². The number of esters is 2. The summed E-state index contributed by atoms with van der Waals surface area (Å²) in [6.45, 7) is 13.8. The lowest BCUT2D eigenvalue weighted by Crippen LogP contribution is -2.16. The van der Waals surface area contributed by atoms with Crippen molar-refractivity contribution >= 4 is 11.9 Å². The Labute approximate surface area is 263 Å². The fraction of sp³-hybridized carbons (Fsp3) is 0.933. The Bertz CT molecular complexity index is 546. The molecule has 0 saturated carbocycles. The number of carbonyl (C=O) groups excluding carboxylic acids is 2. The zero-order valence-corrected chi connectivity index (χ0v) is 27.1. The zero-order chi connectivity index (χ0) is 32.0. The smallest absolute Gasteiger partial charge is 0.305 e. The summed E-state index contributed by atoms with van der Waals surface area (Å²) >= 11 is 0. The van der Waals surface area contributed by atoms with Gasteiger partial charge in [0.15, 0.2) is 0 Å². The third-order valence-corrected chi connectivity index (χ3v) is 5.24. The fourth-order valence-corrected chi connectivity index (χ4v) is 3.06. The summed E-state index contributed by atoms with van der Waals surface area (Å²) in [5.74, 6) is -0.382. The molecule has 44 heavy (non-hydrogen) atoms. The minimum Gasteiger partial charge on any atom is -0.463 e. The van der Waals surface area contributed by atoms with Crippen LogP contribution in [0.2, 0.25) is 0 Å². The molecule has 0 fully saturated rings. The number of hydrogen-bond donors (Lipinski definition) is 0. The molecular weight excluding hydrogens is 584 g/mol. The van der Waals surface area contributed by atoms with Crippen molar-refractivity contribution in [3.63, 3.8) is 0 Å². The van der Waals surface area contributed by atoms with Gasteiger partial charge in [0, 0.05) is 12.8 Å². The second-order valence-corrected chi connectivity index (χ2v) is 9.06. The standard InChI is InChI=1S/C30H58O14/c1-3-5-29(31)43-27-25-41-23-21-39-19-17-37-15-13-35-11-9-33-7-8-34-10-12-36-14-16-38-18-20-40-22-24-42-26-28-44-30(32)6-4-2/h3-28H2,1-2H3. The predicted octanol–water partition coefficient (Wildman–Crippen LogP) is 1.84. The van der Waals surface area contributed by atoms with Crippen molar-refractivity contribution in [2.75, 3.05) is 145 Å². The number of carbonyl (C=O) groups is 2. The molecular formula is C30H58O14. The minimum absolute atomic E-state index is 0.191. The van der Waals surface area contributed by atoms with E-state index in [1.54, 1.807) is 0 Å². The predicted molar refractivity (Wildman–Crippen MR) is 160 cm³/mol. The Balaban J connectivity index is 3.08. The molecule has 0 N–H and O–H groups in total. The van der Waals surface area contributed by atoms with E-state index >= 15 is 0 Å². The Kier molecular flexibility index (Phi) is 36.5. The molecule has 0 heterocycles. The first-order chi connectivity index (χ1) is 21.7. The molecule has 0 atom stereocenters. The minimum atomic E-state index is -0.191. The van der Waals surface area contributed by atoms with E-state index in [1.807, 2.05) is 13.8 Å². The van der Waals surface area contributed by atoms with E-state index in [1.165, 1.54) is 0 Å². The van der Waals surface area contributed by atoms with Crippen LogP contribution in [0.5, 0.6) is 0 Å². The Morgan fingerprint density at radius 2 is 0.455 bits per heavy atom. The van der Waals surface area contributed by atoms with E-state index in [-0.39, 0.29) is 25.2 Å². The van der Waals surface area contributed by atoms with Gasteiger partial charge in [0.25, 0.3) is 0 Å². The van der Waals surface area contributed by atoms with Crippen LogP contribution in [-0.4, -0.2) is 157 Å². The van der Waals surface area contributed by atoms with Crippen molar-refractivity contribution in [1.29, 1.82) is 0 Å². The molecule has 0 bridgehead atoms. The zero-order valence-electron chi connectivity index (χ0n) is 27.1. The summed E-state index contributed by atoms with van der Waals surface area (Å²) in [4.78, 5) is 22.4. The highest BCUT2D eigenvalue weighted by Crippen LogP contribution is 1.92. The van der Waals surface area contributed by atoms with E-state index in [4.69, 9.17) is 56.8 Å². The summed E-state index contributed by atoms with van der Waals surface area (Å²) in [7, 11) is 0. The van der Waals surface area contributed by atoms with Gasteiger partial charge in [-0.25, -0.2) is 0 Å². The van der Waals surface area contributed by atoms with E-state index in [9.17, 15) is 9.59 Å². The molecule has 0 spiro atoms. The van der Waals surface area contributed by atoms with Gasteiger partial charge in [-0.15, -0.1) is 0 Å². The van der Waals surface area contributed by atoms with Crippen LogP contribution in [0.4, 0.5) is 0 Å². The van der Waals surface area contributed by atoms with Gasteiger partial charge in [0.1, 0.15) is 13.2 Å². The SMILES string of the molecule is CCCC(=O)OCCOCCOCCOCCOCCOCCOCCOCCOCCOCCOCCOC(=O)CCC. The summed E-state index contributed by atoms with van der Waals surface area (Å²) in [6, 6.07) is 0. The summed E-state index contributed by atoms with van der Waals surface area (Å²) in [6.07, 6.45) is 2.44. The summed E-state index contributed by atoms with van der Waals surface area (Å²) in [5.41, 5.74) is 0. The van der Waals surface area contributed by atoms with Crippen molar-refractivity contribution in [3.8, 4) is 0 Å². The van der Waals surface area contributed by atoms with Crippen LogP contribution < -0.4 is 0 Å². The first-order valence-corrected chi connectivity index (χ1v) is 15.8. The van der Waals surface area contributed by atoms with Gasteiger partial charge >= 0.3 is 11.9 Å². The molecule has 0 aliphatic rings. The van der Waals surface area contributed by atoms with Crippen molar-refractivity contribution in [2.45, 2.75) is 39.5 Å². The van der Waals surface area contributed by atoms with Crippen molar-refractivity contribution in [1.82, 2.24) is 0 Å². The Hall–Kier alpha value is -1.46. The fourth-order valence-electron chi connectivity index (χ4n) is 3.06. The first kappa shape index (κ1) is 42.5. The van der Waals surface area contributed by atoms with Crippen LogP contribution in [-0.2, 0) is 66.4 Å². The van der Waals surface area contributed by atoms with Crippen LogP contribution in [0.1, 0.15) is 39.5 Å². The number of rotatable bonds is 37. The monoisotopic (exact) mass is 642 g/mol. The van der Waals surface area contributed by atoms with Crippen LogP contribution in [0.25, 0.3) is 0 Å². The molecule has 0 rings (SSSR count). The molecule has 0 aliphatic carbocycles. The number of ether oxygens (including phenoxy) is 12. The van der Waals surface area contributed by atoms with E-state index < -0.39 is 0 Å². The maximum atomic E-state index is 11.2. The highest BCUT2D eigenvalue weighted by molar-refractivity contribution is 5.69. The van der Waals surface area contributed by atoms with Gasteiger partial charge in [-0.05, 0) is 12.8 Å². The lowest BCUT2D eigenvalue weighted by molar-refractivity contribution is -0.146. The summed E-state index contributed by atoms with van der Waals surface area (Å²) < 4.78 is 64.1. The van der Waals surface area contributed by atoms with Crippen LogP contribution in [0.3, 0.4) is 0 Å². The molecule has 0 aromatic heterocycles. The highest BCUT2D eigenvalue weighted by Gasteiger charge is 2.01. The molecule has 14 nitrogen and oxygen atoms in total. The topological polar surface area (TPSA) is 145 Å². The van der Waals surface area contributed by atoms with Gasteiger partial charge in [-0.2, -0.15) is 0 Å². The lowest BCUT2D eigenvalue weighted by atomic mass is 10.3. The van der Waals surface area contributed by atoms with E-state index in [2.05, 4.69) is 0 Å². The Morgan fingerprint density at radius 3 is 0.614 bits per heavy atom. The average molecular weight is 643 g/mol. The van der Waals surface area contributed by atoms with Gasteiger partial charge in [-0.3, -0.25) is 9.59 Å². The van der Waals surface area contributed by atoms with Gasteiger partial charge in [-0.1, -0.05) is 13.8 Å². The molecule has 0 radical (unpaired) electrons. The van der Waals surface area contributed by atoms with Crippen LogP contribution in [0, 0.1) is 0 Å². The second-order valence-electron chi connectivity index (χ2n) is 9.06. The molecule has 0 amide bonds. The largest absolute Gasteiger partial charge is 0.463 e. The molecule has 0 aromatic rings. The highest BCUT2D eigenvalue weighted by atomic mass is 16.6. The normalized spacial score (nSPS) is 11.2. The van der Waals surface area contributed by atoms with E-state index in [0.717, 1.165) is 12.8 Å². The molecule has 0 unspecified atom stereocenters. The van der Waals surface area contributed by atoms with Crippen molar-refractivity contribution < 1.29 is 66.4 Å². The maximum absolute atomic E-state index is 11.2.